The molecule has 174 valence electrons. The van der Waals surface area contributed by atoms with Crippen LogP contribution in [0.3, 0.4) is 0 Å². The molecule has 1 unspecified atom stereocenters. The SMILES string of the molecule is O=C(NCc1ccncc1)C(C1CCCC1)N1CCN(C(=O)c2ccc([N+](=O)[O-])cc2)CC1. The van der Waals surface area contributed by atoms with E-state index in [0.717, 1.165) is 31.2 Å². The minimum absolute atomic E-state index is 0.0337. The molecule has 1 aromatic heterocycles. The third kappa shape index (κ3) is 5.54. The summed E-state index contributed by atoms with van der Waals surface area (Å²) >= 11 is 0. The molecule has 9 heteroatoms. The number of nitrogens with one attached hydrogen (secondary N) is 1. The van der Waals surface area contributed by atoms with Crippen molar-refractivity contribution in [1.29, 1.82) is 0 Å². The first-order chi connectivity index (χ1) is 16.0. The number of amides is 2. The van der Waals surface area contributed by atoms with Crippen LogP contribution in [0.25, 0.3) is 0 Å². The highest BCUT2D eigenvalue weighted by Gasteiger charge is 2.37. The molecule has 2 aromatic rings. The van der Waals surface area contributed by atoms with Gasteiger partial charge in [-0.25, -0.2) is 0 Å². The molecule has 1 aliphatic carbocycles. The Morgan fingerprint density at radius 3 is 2.27 bits per heavy atom. The van der Waals surface area contributed by atoms with Gasteiger partial charge in [0.25, 0.3) is 11.6 Å². The summed E-state index contributed by atoms with van der Waals surface area (Å²) in [4.78, 5) is 44.4. The Bertz CT molecular complexity index is 968. The van der Waals surface area contributed by atoms with E-state index in [0.29, 0.717) is 44.2 Å². The first kappa shape index (κ1) is 22.8. The number of non-ortho nitro benzene ring substituents is 1. The maximum absolute atomic E-state index is 13.2. The van der Waals surface area contributed by atoms with E-state index >= 15 is 0 Å². The predicted molar refractivity (Wildman–Crippen MR) is 122 cm³/mol. The summed E-state index contributed by atoms with van der Waals surface area (Å²) in [6.07, 6.45) is 7.84. The molecule has 1 aliphatic heterocycles. The van der Waals surface area contributed by atoms with Crippen molar-refractivity contribution in [1.82, 2.24) is 20.1 Å². The minimum atomic E-state index is -0.476. The van der Waals surface area contributed by atoms with E-state index in [1.54, 1.807) is 17.3 Å². The standard InChI is InChI=1S/C24H29N5O4/c30-23(26-17-18-9-11-25-12-10-18)22(19-3-1-2-4-19)27-13-15-28(16-14-27)24(31)20-5-7-21(8-6-20)29(32)33/h5-12,19,22H,1-4,13-17H2,(H,26,30). The van der Waals surface area contributed by atoms with Crippen molar-refractivity contribution in [2.45, 2.75) is 38.3 Å². The number of carbonyl (C=O) groups is 2. The molecule has 0 radical (unpaired) electrons. The summed E-state index contributed by atoms with van der Waals surface area (Å²) in [5, 5.41) is 13.9. The summed E-state index contributed by atoms with van der Waals surface area (Å²) in [7, 11) is 0. The number of benzene rings is 1. The number of nitro groups is 1. The van der Waals surface area contributed by atoms with Gasteiger partial charge in [-0.3, -0.25) is 29.6 Å². The number of hydrogen-bond donors (Lipinski definition) is 1. The molecule has 4 rings (SSSR count). The molecule has 2 aliphatic rings. The average Bonchev–Trinajstić information content (AvgIpc) is 3.38. The van der Waals surface area contributed by atoms with Crippen molar-refractivity contribution in [2.24, 2.45) is 5.92 Å². The van der Waals surface area contributed by atoms with E-state index in [-0.39, 0.29) is 23.5 Å². The van der Waals surface area contributed by atoms with Crippen molar-refractivity contribution < 1.29 is 14.5 Å². The van der Waals surface area contributed by atoms with Gasteiger partial charge in [-0.1, -0.05) is 12.8 Å². The van der Waals surface area contributed by atoms with E-state index < -0.39 is 4.92 Å². The largest absolute Gasteiger partial charge is 0.351 e. The number of nitro benzene ring substituents is 1. The molecule has 33 heavy (non-hydrogen) atoms. The van der Waals surface area contributed by atoms with Gasteiger partial charge in [0.05, 0.1) is 11.0 Å². The fraction of sp³-hybridized carbons (Fsp3) is 0.458. The van der Waals surface area contributed by atoms with Crippen molar-refractivity contribution in [2.75, 3.05) is 26.2 Å². The van der Waals surface area contributed by atoms with Crippen LogP contribution in [0.15, 0.2) is 48.8 Å². The zero-order valence-electron chi connectivity index (χ0n) is 18.6. The van der Waals surface area contributed by atoms with E-state index in [4.69, 9.17) is 0 Å². The lowest BCUT2D eigenvalue weighted by atomic mass is 9.94. The smallest absolute Gasteiger partial charge is 0.269 e. The molecule has 0 bridgehead atoms. The highest BCUT2D eigenvalue weighted by atomic mass is 16.6. The molecule has 1 N–H and O–H groups in total. The van der Waals surface area contributed by atoms with Crippen molar-refractivity contribution in [3.05, 3.63) is 70.0 Å². The second kappa shape index (κ2) is 10.5. The third-order valence-electron chi connectivity index (χ3n) is 6.65. The van der Waals surface area contributed by atoms with E-state index in [2.05, 4.69) is 15.2 Å². The summed E-state index contributed by atoms with van der Waals surface area (Å²) in [5.74, 6) is 0.248. The first-order valence-corrected chi connectivity index (χ1v) is 11.5. The number of piperazine rings is 1. The van der Waals surface area contributed by atoms with Gasteiger partial charge in [0.1, 0.15) is 0 Å². The highest BCUT2D eigenvalue weighted by molar-refractivity contribution is 5.94. The number of aromatic nitrogens is 1. The summed E-state index contributed by atoms with van der Waals surface area (Å²) in [6.45, 7) is 2.78. The molecule has 0 spiro atoms. The molecular formula is C24H29N5O4. The number of nitrogens with zero attached hydrogens (tertiary/aromatic N) is 4. The molecule has 2 heterocycles. The van der Waals surface area contributed by atoms with Crippen LogP contribution in [0.4, 0.5) is 5.69 Å². The quantitative estimate of drug-likeness (QED) is 0.512. The number of rotatable bonds is 7. The molecule has 1 atom stereocenters. The molecule has 1 aromatic carbocycles. The van der Waals surface area contributed by atoms with Crippen molar-refractivity contribution >= 4 is 17.5 Å². The normalized spacial score (nSPS) is 18.1. The Morgan fingerprint density at radius 1 is 1.03 bits per heavy atom. The van der Waals surface area contributed by atoms with Gasteiger partial charge in [-0.15, -0.1) is 0 Å². The summed E-state index contributed by atoms with van der Waals surface area (Å²) in [6, 6.07) is 9.31. The van der Waals surface area contributed by atoms with Crippen LogP contribution in [0, 0.1) is 16.0 Å². The van der Waals surface area contributed by atoms with Gasteiger partial charge >= 0.3 is 0 Å². The third-order valence-corrected chi connectivity index (χ3v) is 6.65. The molecule has 1 saturated carbocycles. The Hall–Kier alpha value is -3.33. The molecule has 2 amide bonds. The summed E-state index contributed by atoms with van der Waals surface area (Å²) < 4.78 is 0. The van der Waals surface area contributed by atoms with Crippen molar-refractivity contribution in [3.63, 3.8) is 0 Å². The van der Waals surface area contributed by atoms with Gasteiger partial charge in [-0.05, 0) is 48.6 Å². The lowest BCUT2D eigenvalue weighted by Gasteiger charge is -2.40. The number of carbonyl (C=O) groups excluding carboxylic acids is 2. The van der Waals surface area contributed by atoms with Crippen LogP contribution >= 0.6 is 0 Å². The lowest BCUT2D eigenvalue weighted by Crippen LogP contribution is -2.57. The zero-order chi connectivity index (χ0) is 23.2. The first-order valence-electron chi connectivity index (χ1n) is 11.5. The lowest BCUT2D eigenvalue weighted by molar-refractivity contribution is -0.384. The Balaban J connectivity index is 1.37. The van der Waals surface area contributed by atoms with Gasteiger partial charge in [0.2, 0.25) is 5.91 Å². The van der Waals surface area contributed by atoms with Crippen LogP contribution in [0.1, 0.15) is 41.6 Å². The van der Waals surface area contributed by atoms with Gasteiger partial charge < -0.3 is 10.2 Å². The average molecular weight is 452 g/mol. The zero-order valence-corrected chi connectivity index (χ0v) is 18.6. The maximum Gasteiger partial charge on any atom is 0.269 e. The van der Waals surface area contributed by atoms with Crippen LogP contribution in [0.2, 0.25) is 0 Å². The highest BCUT2D eigenvalue weighted by Crippen LogP contribution is 2.31. The fourth-order valence-corrected chi connectivity index (χ4v) is 4.86. The molecular weight excluding hydrogens is 422 g/mol. The predicted octanol–water partition coefficient (Wildman–Crippen LogP) is 2.62. The van der Waals surface area contributed by atoms with Crippen LogP contribution < -0.4 is 5.32 Å². The maximum atomic E-state index is 13.2. The molecule has 9 nitrogen and oxygen atoms in total. The minimum Gasteiger partial charge on any atom is -0.351 e. The van der Waals surface area contributed by atoms with Gasteiger partial charge in [-0.2, -0.15) is 0 Å². The van der Waals surface area contributed by atoms with E-state index in [1.165, 1.54) is 24.3 Å². The van der Waals surface area contributed by atoms with Gasteiger partial charge in [0.15, 0.2) is 0 Å². The molecule has 2 fully saturated rings. The van der Waals surface area contributed by atoms with Crippen LogP contribution in [0.5, 0.6) is 0 Å². The number of hydrogen-bond acceptors (Lipinski definition) is 6. The molecule has 1 saturated heterocycles. The second-order valence-electron chi connectivity index (χ2n) is 8.69. The Labute approximate surface area is 192 Å². The Kier molecular flexibility index (Phi) is 7.29. The monoisotopic (exact) mass is 451 g/mol. The van der Waals surface area contributed by atoms with E-state index in [1.807, 2.05) is 12.1 Å². The topological polar surface area (TPSA) is 109 Å². The fourth-order valence-electron chi connectivity index (χ4n) is 4.86. The number of pyridine rings is 1. The van der Waals surface area contributed by atoms with Crippen LogP contribution in [-0.4, -0.2) is 63.7 Å². The van der Waals surface area contributed by atoms with Crippen molar-refractivity contribution in [3.8, 4) is 0 Å². The van der Waals surface area contributed by atoms with E-state index in [9.17, 15) is 19.7 Å². The van der Waals surface area contributed by atoms with Gasteiger partial charge in [0, 0.05) is 62.8 Å². The second-order valence-corrected chi connectivity index (χ2v) is 8.69. The van der Waals surface area contributed by atoms with Crippen LogP contribution in [-0.2, 0) is 11.3 Å². The summed E-state index contributed by atoms with van der Waals surface area (Å²) in [5.41, 5.74) is 1.42. The Morgan fingerprint density at radius 2 is 1.67 bits per heavy atom.